The number of sulfone groups is 1. The molecule has 0 spiro atoms. The highest BCUT2D eigenvalue weighted by atomic mass is 32.2. The Kier molecular flexibility index (Phi) is 4.14. The van der Waals surface area contributed by atoms with Gasteiger partial charge >= 0.3 is 11.9 Å². The van der Waals surface area contributed by atoms with Gasteiger partial charge in [0.15, 0.2) is 9.84 Å². The van der Waals surface area contributed by atoms with E-state index >= 15 is 0 Å². The Bertz CT molecular complexity index is 1190. The van der Waals surface area contributed by atoms with Crippen molar-refractivity contribution < 1.29 is 21.6 Å². The number of rotatable bonds is 3. The molecule has 7 nitrogen and oxygen atoms in total. The summed E-state index contributed by atoms with van der Waals surface area (Å²) in [5, 5.41) is -0.218. The Morgan fingerprint density at radius 1 is 1.27 bits per heavy atom. The van der Waals surface area contributed by atoms with E-state index in [1.807, 2.05) is 0 Å². The zero-order valence-electron chi connectivity index (χ0n) is 13.3. The topological polar surface area (TPSA) is 101 Å². The first-order valence-corrected chi connectivity index (χ1v) is 9.28. The van der Waals surface area contributed by atoms with Crippen LogP contribution in [-0.2, 0) is 21.9 Å². The molecule has 0 saturated heterocycles. The summed E-state index contributed by atoms with van der Waals surface area (Å²) in [6, 6.07) is 1.69. The fraction of sp³-hybridized carbons (Fsp3) is 0.267. The first kappa shape index (κ1) is 18.1. The van der Waals surface area contributed by atoms with Crippen LogP contribution in [0.15, 0.2) is 32.8 Å². The van der Waals surface area contributed by atoms with Crippen molar-refractivity contribution in [2.45, 2.75) is 12.1 Å². The molecule has 3 rings (SSSR count). The lowest BCUT2D eigenvalue weighted by Gasteiger charge is -2.15. The third kappa shape index (κ3) is 3.34. The van der Waals surface area contributed by atoms with Crippen LogP contribution in [0.3, 0.4) is 0 Å². The summed E-state index contributed by atoms with van der Waals surface area (Å²) in [5.74, 6) is -0.876. The highest BCUT2D eigenvalue weighted by Gasteiger charge is 2.35. The number of aromatic nitrogens is 2. The Hall–Kier alpha value is -2.69. The molecule has 0 amide bonds. The molecule has 1 aromatic heterocycles. The van der Waals surface area contributed by atoms with E-state index in [-0.39, 0.29) is 28.6 Å². The Labute approximate surface area is 144 Å². The number of halogens is 3. The van der Waals surface area contributed by atoms with Gasteiger partial charge in [0.2, 0.25) is 0 Å². The lowest BCUT2D eigenvalue weighted by atomic mass is 9.97. The van der Waals surface area contributed by atoms with Crippen molar-refractivity contribution in [2.75, 3.05) is 12.8 Å². The monoisotopic (exact) mass is 387 g/mol. The number of aliphatic imine (C=N–C) groups is 1. The molecule has 0 aliphatic carbocycles. The molecule has 0 atom stereocenters. The van der Waals surface area contributed by atoms with Crippen LogP contribution in [-0.4, -0.2) is 37.0 Å². The van der Waals surface area contributed by atoms with E-state index in [0.717, 1.165) is 12.3 Å². The second-order valence-corrected chi connectivity index (χ2v) is 7.95. The highest BCUT2D eigenvalue weighted by Crippen LogP contribution is 2.37. The van der Waals surface area contributed by atoms with E-state index < -0.39 is 38.7 Å². The summed E-state index contributed by atoms with van der Waals surface area (Å²) in [6.07, 6.45) is -1.13. The molecule has 0 fully saturated rings. The number of H-pyrrole nitrogens is 1. The van der Waals surface area contributed by atoms with Crippen LogP contribution in [0.1, 0.15) is 11.1 Å². The van der Waals surface area contributed by atoms with Gasteiger partial charge in [-0.25, -0.2) is 17.8 Å². The van der Waals surface area contributed by atoms with Crippen molar-refractivity contribution in [1.29, 1.82) is 0 Å². The molecule has 0 saturated carbocycles. The molecule has 1 aliphatic heterocycles. The van der Waals surface area contributed by atoms with Crippen LogP contribution in [0, 0.1) is 0 Å². The molecular weight excluding hydrogens is 375 g/mol. The van der Waals surface area contributed by atoms with Gasteiger partial charge in [-0.2, -0.15) is 13.2 Å². The standard InChI is InChI=1S/C15H12F3N3O4S/c1-26(24,25)7-21-13(22)10-4-9(8-2-3-19-6-8)11(15(16,17)18)5-12(10)20-14(21)23/h2-5H,6-7H2,1H3,(H,20,23). The van der Waals surface area contributed by atoms with Crippen molar-refractivity contribution in [3.63, 3.8) is 0 Å². The Morgan fingerprint density at radius 3 is 2.50 bits per heavy atom. The summed E-state index contributed by atoms with van der Waals surface area (Å²) in [5.41, 5.74) is -3.39. The highest BCUT2D eigenvalue weighted by molar-refractivity contribution is 7.89. The molecule has 2 aromatic rings. The zero-order valence-corrected chi connectivity index (χ0v) is 14.1. The minimum absolute atomic E-state index is 0.0233. The predicted octanol–water partition coefficient (Wildman–Crippen LogP) is 1.18. The van der Waals surface area contributed by atoms with Gasteiger partial charge in [0, 0.05) is 12.5 Å². The number of alkyl halides is 3. The number of benzene rings is 1. The van der Waals surface area contributed by atoms with E-state index in [0.29, 0.717) is 10.6 Å². The maximum atomic E-state index is 13.4. The number of nitrogens with one attached hydrogen (secondary N) is 1. The molecule has 0 unspecified atom stereocenters. The summed E-state index contributed by atoms with van der Waals surface area (Å²) < 4.78 is 63.5. The van der Waals surface area contributed by atoms with Gasteiger partial charge in [0.1, 0.15) is 5.88 Å². The molecule has 26 heavy (non-hydrogen) atoms. The van der Waals surface area contributed by atoms with Crippen LogP contribution in [0.25, 0.3) is 16.5 Å². The van der Waals surface area contributed by atoms with E-state index in [4.69, 9.17) is 0 Å². The lowest BCUT2D eigenvalue weighted by Crippen LogP contribution is -2.37. The van der Waals surface area contributed by atoms with E-state index in [1.54, 1.807) is 0 Å². The maximum Gasteiger partial charge on any atom is 0.417 e. The fourth-order valence-electron chi connectivity index (χ4n) is 2.67. The summed E-state index contributed by atoms with van der Waals surface area (Å²) in [6.45, 7) is 0.0233. The zero-order chi connectivity index (χ0) is 19.3. The smallest absolute Gasteiger partial charge is 0.307 e. The van der Waals surface area contributed by atoms with Gasteiger partial charge in [0.25, 0.3) is 5.56 Å². The second kappa shape index (κ2) is 5.94. The number of hydrogen-bond acceptors (Lipinski definition) is 5. The largest absolute Gasteiger partial charge is 0.417 e. The molecule has 1 aliphatic rings. The van der Waals surface area contributed by atoms with E-state index in [2.05, 4.69) is 9.98 Å². The number of allylic oxidation sites excluding steroid dienone is 1. The number of fused-ring (bicyclic) bond motifs is 1. The van der Waals surface area contributed by atoms with Crippen molar-refractivity contribution >= 4 is 32.5 Å². The van der Waals surface area contributed by atoms with Gasteiger partial charge in [0.05, 0.1) is 23.0 Å². The predicted molar refractivity (Wildman–Crippen MR) is 90.0 cm³/mol. The van der Waals surface area contributed by atoms with Crippen LogP contribution in [0.5, 0.6) is 0 Å². The molecule has 0 radical (unpaired) electrons. The van der Waals surface area contributed by atoms with Crippen molar-refractivity contribution in [3.05, 3.63) is 50.2 Å². The average molecular weight is 387 g/mol. The van der Waals surface area contributed by atoms with Gasteiger partial charge in [-0.15, -0.1) is 0 Å². The second-order valence-electron chi connectivity index (χ2n) is 5.84. The third-order valence-electron chi connectivity index (χ3n) is 3.78. The number of aromatic amines is 1. The van der Waals surface area contributed by atoms with Gasteiger partial charge < -0.3 is 4.98 Å². The molecule has 11 heteroatoms. The van der Waals surface area contributed by atoms with Crippen molar-refractivity contribution in [3.8, 4) is 0 Å². The fourth-order valence-corrected chi connectivity index (χ4v) is 3.38. The molecular formula is C15H12F3N3O4S. The van der Waals surface area contributed by atoms with Crippen LogP contribution < -0.4 is 11.2 Å². The maximum absolute atomic E-state index is 13.4. The first-order chi connectivity index (χ1) is 12.0. The molecule has 138 valence electrons. The minimum atomic E-state index is -4.72. The summed E-state index contributed by atoms with van der Waals surface area (Å²) >= 11 is 0. The van der Waals surface area contributed by atoms with Gasteiger partial charge in [-0.05, 0) is 29.3 Å². The lowest BCUT2D eigenvalue weighted by molar-refractivity contribution is -0.137. The molecule has 1 aromatic carbocycles. The third-order valence-corrected chi connectivity index (χ3v) is 4.50. The van der Waals surface area contributed by atoms with E-state index in [1.165, 1.54) is 12.3 Å². The average Bonchev–Trinajstić information content (AvgIpc) is 3.03. The van der Waals surface area contributed by atoms with Crippen molar-refractivity contribution in [2.24, 2.45) is 4.99 Å². The molecule has 1 N–H and O–H groups in total. The Balaban J connectivity index is 2.36. The minimum Gasteiger partial charge on any atom is -0.307 e. The van der Waals surface area contributed by atoms with Crippen LogP contribution in [0.4, 0.5) is 13.2 Å². The first-order valence-electron chi connectivity index (χ1n) is 7.22. The van der Waals surface area contributed by atoms with Gasteiger partial charge in [-0.1, -0.05) is 0 Å². The summed E-state index contributed by atoms with van der Waals surface area (Å²) in [7, 11) is -3.72. The normalized spacial score (nSPS) is 14.8. The Morgan fingerprint density at radius 2 is 1.96 bits per heavy atom. The van der Waals surface area contributed by atoms with E-state index in [9.17, 15) is 31.2 Å². The summed E-state index contributed by atoms with van der Waals surface area (Å²) in [4.78, 5) is 30.5. The quantitative estimate of drug-likeness (QED) is 0.854. The number of hydrogen-bond donors (Lipinski definition) is 1. The number of nitrogens with zero attached hydrogens (tertiary/aromatic N) is 2. The van der Waals surface area contributed by atoms with Crippen molar-refractivity contribution in [1.82, 2.24) is 9.55 Å². The SMILES string of the molecule is CS(=O)(=O)Cn1c(=O)[nH]c2cc(C(F)(F)F)c(C3=CC=NC3)cc2c1=O. The van der Waals surface area contributed by atoms with Crippen LogP contribution in [0.2, 0.25) is 0 Å². The van der Waals surface area contributed by atoms with Crippen LogP contribution >= 0.6 is 0 Å². The van der Waals surface area contributed by atoms with Gasteiger partial charge in [-0.3, -0.25) is 9.79 Å². The molecule has 2 heterocycles. The molecule has 0 bridgehead atoms.